The molecule has 21 heavy (non-hydrogen) atoms. The Morgan fingerprint density at radius 3 is 2.33 bits per heavy atom. The van der Waals surface area contributed by atoms with Gasteiger partial charge in [-0.1, -0.05) is 30.3 Å². The number of halogens is 1. The summed E-state index contributed by atoms with van der Waals surface area (Å²) in [7, 11) is 0. The largest absolute Gasteiger partial charge is 0.336 e. The summed E-state index contributed by atoms with van der Waals surface area (Å²) in [6.45, 7) is 0.263. The van der Waals surface area contributed by atoms with Gasteiger partial charge in [-0.2, -0.15) is 0 Å². The summed E-state index contributed by atoms with van der Waals surface area (Å²) in [5, 5.41) is 2.70. The van der Waals surface area contributed by atoms with Gasteiger partial charge in [0.2, 0.25) is 5.91 Å². The van der Waals surface area contributed by atoms with E-state index in [0.29, 0.717) is 5.69 Å². The fraction of sp³-hybridized carbons (Fsp3) is 0.125. The Bertz CT molecular complexity index is 670. The van der Waals surface area contributed by atoms with Gasteiger partial charge in [0.05, 0.1) is 11.6 Å². The van der Waals surface area contributed by atoms with Crippen molar-refractivity contribution < 1.29 is 14.0 Å². The average molecular weight is 284 g/mol. The van der Waals surface area contributed by atoms with Gasteiger partial charge in [-0.3, -0.25) is 4.79 Å². The number of carbonyl (C=O) groups excluding carboxylic acids is 2. The minimum Gasteiger partial charge on any atom is -0.336 e. The molecule has 1 aliphatic rings. The maximum Gasteiger partial charge on any atom is 0.328 e. The molecule has 106 valence electrons. The molecule has 1 fully saturated rings. The summed E-state index contributed by atoms with van der Waals surface area (Å²) in [5.74, 6) is -1.16. The highest BCUT2D eigenvalue weighted by molar-refractivity contribution is 6.18. The molecule has 5 heteroatoms. The van der Waals surface area contributed by atoms with Crippen LogP contribution in [0.15, 0.2) is 54.6 Å². The number of nitrogens with one attached hydrogen (secondary N) is 1. The molecule has 1 N–H and O–H groups in total. The number of rotatable bonds is 2. The van der Waals surface area contributed by atoms with E-state index in [1.165, 1.54) is 24.3 Å². The van der Waals surface area contributed by atoms with E-state index in [1.54, 1.807) is 0 Å². The Morgan fingerprint density at radius 1 is 1.00 bits per heavy atom. The fourth-order valence-corrected chi connectivity index (χ4v) is 2.39. The van der Waals surface area contributed by atoms with Crippen LogP contribution in [0.2, 0.25) is 0 Å². The van der Waals surface area contributed by atoms with Crippen LogP contribution in [0.5, 0.6) is 0 Å². The van der Waals surface area contributed by atoms with Crippen molar-refractivity contribution in [3.8, 4) is 0 Å². The molecule has 1 aliphatic heterocycles. The number of hydrogen-bond donors (Lipinski definition) is 1. The molecule has 0 bridgehead atoms. The Labute approximate surface area is 121 Å². The van der Waals surface area contributed by atoms with Crippen LogP contribution in [0.1, 0.15) is 11.5 Å². The van der Waals surface area contributed by atoms with E-state index in [9.17, 15) is 14.0 Å². The second-order valence-corrected chi connectivity index (χ2v) is 4.80. The van der Waals surface area contributed by atoms with Crippen LogP contribution in [0, 0.1) is 5.82 Å². The van der Waals surface area contributed by atoms with Crippen LogP contribution in [0.4, 0.5) is 14.9 Å². The van der Waals surface area contributed by atoms with Gasteiger partial charge in [0.1, 0.15) is 5.82 Å². The molecule has 1 unspecified atom stereocenters. The van der Waals surface area contributed by atoms with Gasteiger partial charge in [0.25, 0.3) is 0 Å². The molecule has 0 saturated carbocycles. The number of amides is 3. The summed E-state index contributed by atoms with van der Waals surface area (Å²) in [6, 6.07) is 14.1. The SMILES string of the molecule is O=C1NCC(c2ccccc2)C(=O)N1c1ccc(F)cc1. The Hall–Kier alpha value is -2.69. The maximum atomic E-state index is 13.0. The van der Waals surface area contributed by atoms with E-state index >= 15 is 0 Å². The van der Waals surface area contributed by atoms with Gasteiger partial charge in [-0.05, 0) is 29.8 Å². The minimum absolute atomic E-state index is 0.263. The highest BCUT2D eigenvalue weighted by Crippen LogP contribution is 2.25. The van der Waals surface area contributed by atoms with Crippen molar-refractivity contribution >= 4 is 17.6 Å². The van der Waals surface area contributed by atoms with Crippen molar-refractivity contribution in [3.05, 3.63) is 66.0 Å². The van der Waals surface area contributed by atoms with E-state index < -0.39 is 17.8 Å². The predicted octanol–water partition coefficient (Wildman–Crippen LogP) is 2.67. The molecule has 0 aliphatic carbocycles. The number of urea groups is 1. The summed E-state index contributed by atoms with van der Waals surface area (Å²) in [6.07, 6.45) is 0. The van der Waals surface area contributed by atoms with Crippen molar-refractivity contribution in [2.75, 3.05) is 11.4 Å². The minimum atomic E-state index is -0.487. The molecule has 1 heterocycles. The van der Waals surface area contributed by atoms with Crippen LogP contribution in [-0.2, 0) is 4.79 Å². The van der Waals surface area contributed by atoms with Crippen molar-refractivity contribution in [1.82, 2.24) is 5.32 Å². The quantitative estimate of drug-likeness (QED) is 0.921. The average Bonchev–Trinajstić information content (AvgIpc) is 2.50. The second-order valence-electron chi connectivity index (χ2n) is 4.80. The molecule has 1 saturated heterocycles. The van der Waals surface area contributed by atoms with Crippen molar-refractivity contribution in [2.45, 2.75) is 5.92 Å². The third-order valence-corrected chi connectivity index (χ3v) is 3.47. The Kier molecular flexibility index (Phi) is 3.39. The van der Waals surface area contributed by atoms with Crippen molar-refractivity contribution in [3.63, 3.8) is 0 Å². The molecular weight excluding hydrogens is 271 g/mol. The standard InChI is InChI=1S/C16H13FN2O2/c17-12-6-8-13(9-7-12)19-15(20)14(10-18-16(19)21)11-4-2-1-3-5-11/h1-9,14H,10H2,(H,18,21). The van der Waals surface area contributed by atoms with Gasteiger partial charge in [0.15, 0.2) is 0 Å². The summed E-state index contributed by atoms with van der Waals surface area (Å²) in [4.78, 5) is 25.6. The lowest BCUT2D eigenvalue weighted by Crippen LogP contribution is -2.54. The van der Waals surface area contributed by atoms with E-state index in [0.717, 1.165) is 10.5 Å². The summed E-state index contributed by atoms with van der Waals surface area (Å²) in [5.41, 5.74) is 1.20. The fourth-order valence-electron chi connectivity index (χ4n) is 2.39. The van der Waals surface area contributed by atoms with Crippen LogP contribution < -0.4 is 10.2 Å². The number of imide groups is 1. The molecular formula is C16H13FN2O2. The number of benzene rings is 2. The van der Waals surface area contributed by atoms with Gasteiger partial charge >= 0.3 is 6.03 Å². The summed E-state index contributed by atoms with van der Waals surface area (Å²) >= 11 is 0. The third kappa shape index (κ3) is 2.50. The van der Waals surface area contributed by atoms with E-state index in [-0.39, 0.29) is 12.5 Å². The molecule has 2 aromatic rings. The highest BCUT2D eigenvalue weighted by atomic mass is 19.1. The number of carbonyl (C=O) groups is 2. The number of anilines is 1. The maximum absolute atomic E-state index is 13.0. The number of nitrogens with zero attached hydrogens (tertiary/aromatic N) is 1. The van der Waals surface area contributed by atoms with Crippen molar-refractivity contribution in [2.24, 2.45) is 0 Å². The molecule has 0 radical (unpaired) electrons. The van der Waals surface area contributed by atoms with Crippen LogP contribution in [0.3, 0.4) is 0 Å². The summed E-state index contributed by atoms with van der Waals surface area (Å²) < 4.78 is 13.0. The zero-order chi connectivity index (χ0) is 14.8. The van der Waals surface area contributed by atoms with E-state index in [4.69, 9.17) is 0 Å². The first kappa shape index (κ1) is 13.3. The van der Waals surface area contributed by atoms with E-state index in [2.05, 4.69) is 5.32 Å². The smallest absolute Gasteiger partial charge is 0.328 e. The number of hydrogen-bond acceptors (Lipinski definition) is 2. The van der Waals surface area contributed by atoms with Crippen molar-refractivity contribution in [1.29, 1.82) is 0 Å². The van der Waals surface area contributed by atoms with Crippen LogP contribution in [-0.4, -0.2) is 18.5 Å². The molecule has 3 amide bonds. The normalized spacial score (nSPS) is 18.5. The zero-order valence-electron chi connectivity index (χ0n) is 11.1. The first-order valence-corrected chi connectivity index (χ1v) is 6.59. The molecule has 3 rings (SSSR count). The molecule has 2 aromatic carbocycles. The second kappa shape index (κ2) is 5.36. The zero-order valence-corrected chi connectivity index (χ0v) is 11.1. The first-order valence-electron chi connectivity index (χ1n) is 6.59. The van der Waals surface area contributed by atoms with Gasteiger partial charge < -0.3 is 5.32 Å². The molecule has 4 nitrogen and oxygen atoms in total. The molecule has 0 spiro atoms. The Morgan fingerprint density at radius 2 is 1.67 bits per heavy atom. The Balaban J connectivity index is 1.94. The van der Waals surface area contributed by atoms with Crippen LogP contribution >= 0.6 is 0 Å². The lowest BCUT2D eigenvalue weighted by molar-refractivity contribution is -0.119. The van der Waals surface area contributed by atoms with Gasteiger partial charge in [0, 0.05) is 6.54 Å². The molecule has 1 atom stereocenters. The third-order valence-electron chi connectivity index (χ3n) is 3.47. The molecule has 0 aromatic heterocycles. The predicted molar refractivity (Wildman–Crippen MR) is 76.5 cm³/mol. The van der Waals surface area contributed by atoms with Crippen LogP contribution in [0.25, 0.3) is 0 Å². The topological polar surface area (TPSA) is 49.4 Å². The monoisotopic (exact) mass is 284 g/mol. The lowest BCUT2D eigenvalue weighted by atomic mass is 9.96. The van der Waals surface area contributed by atoms with E-state index in [1.807, 2.05) is 30.3 Å². The first-order chi connectivity index (χ1) is 10.2. The van der Waals surface area contributed by atoms with Gasteiger partial charge in [-0.15, -0.1) is 0 Å². The highest BCUT2D eigenvalue weighted by Gasteiger charge is 2.35. The van der Waals surface area contributed by atoms with Gasteiger partial charge in [-0.25, -0.2) is 14.1 Å². The lowest BCUT2D eigenvalue weighted by Gasteiger charge is -2.31.